The van der Waals surface area contributed by atoms with Crippen LogP contribution in [0.1, 0.15) is 32.1 Å². The lowest BCUT2D eigenvalue weighted by Crippen LogP contribution is -2.47. The fraction of sp³-hybridized carbons (Fsp3) is 0.632. The Labute approximate surface area is 140 Å². The number of carbonyl (C=O) groups is 1. The van der Waals surface area contributed by atoms with Gasteiger partial charge in [0, 0.05) is 51.4 Å². The molecule has 2 aliphatic rings. The Bertz CT molecular complexity index is 483. The Hall–Kier alpha value is -1.55. The average Bonchev–Trinajstić information content (AvgIpc) is 2.81. The number of hydrogen-bond acceptors (Lipinski definition) is 3. The third kappa shape index (κ3) is 4.71. The zero-order chi connectivity index (χ0) is 15.9. The van der Waals surface area contributed by atoms with Crippen LogP contribution in [0.3, 0.4) is 0 Å². The van der Waals surface area contributed by atoms with Crippen molar-refractivity contribution in [3.8, 4) is 0 Å². The first-order valence-corrected chi connectivity index (χ1v) is 9.13. The minimum Gasteiger partial charge on any atom is -0.369 e. The van der Waals surface area contributed by atoms with Gasteiger partial charge in [-0.2, -0.15) is 0 Å². The van der Waals surface area contributed by atoms with Gasteiger partial charge in [-0.05, 0) is 37.9 Å². The van der Waals surface area contributed by atoms with Gasteiger partial charge in [0.25, 0.3) is 0 Å². The summed E-state index contributed by atoms with van der Waals surface area (Å²) in [7, 11) is 0. The van der Waals surface area contributed by atoms with Crippen molar-refractivity contribution in [2.75, 3.05) is 50.7 Å². The lowest BCUT2D eigenvalue weighted by Gasteiger charge is -2.36. The first-order valence-electron chi connectivity index (χ1n) is 9.13. The zero-order valence-corrected chi connectivity index (χ0v) is 14.1. The van der Waals surface area contributed by atoms with Gasteiger partial charge in [0.2, 0.25) is 5.91 Å². The third-order valence-electron chi connectivity index (χ3n) is 5.07. The standard InChI is InChI=1S/C19H29N3O/c23-19-10-5-2-6-12-22(19)13-7-11-20-14-16-21(17-15-20)18-8-3-1-4-9-18/h1,3-4,8-9H,2,5-7,10-17H2. The van der Waals surface area contributed by atoms with Crippen LogP contribution in [0.5, 0.6) is 0 Å². The van der Waals surface area contributed by atoms with E-state index in [1.165, 1.54) is 18.5 Å². The third-order valence-corrected chi connectivity index (χ3v) is 5.07. The highest BCUT2D eigenvalue weighted by atomic mass is 16.2. The monoisotopic (exact) mass is 315 g/mol. The zero-order valence-electron chi connectivity index (χ0n) is 14.1. The predicted octanol–water partition coefficient (Wildman–Crippen LogP) is 2.60. The Morgan fingerprint density at radius 1 is 0.826 bits per heavy atom. The molecule has 0 aromatic heterocycles. The first kappa shape index (κ1) is 16.3. The number of hydrogen-bond donors (Lipinski definition) is 0. The molecule has 0 bridgehead atoms. The van der Waals surface area contributed by atoms with Crippen LogP contribution in [0.25, 0.3) is 0 Å². The van der Waals surface area contributed by atoms with E-state index in [0.29, 0.717) is 5.91 Å². The summed E-state index contributed by atoms with van der Waals surface area (Å²) < 4.78 is 0. The molecule has 0 atom stereocenters. The fourth-order valence-electron chi connectivity index (χ4n) is 3.63. The van der Waals surface area contributed by atoms with Gasteiger partial charge in [-0.15, -0.1) is 0 Å². The number of piperazine rings is 1. The highest BCUT2D eigenvalue weighted by Crippen LogP contribution is 2.16. The first-order chi connectivity index (χ1) is 11.3. The van der Waals surface area contributed by atoms with Crippen LogP contribution in [0.2, 0.25) is 0 Å². The lowest BCUT2D eigenvalue weighted by molar-refractivity contribution is -0.130. The summed E-state index contributed by atoms with van der Waals surface area (Å²) in [5.41, 5.74) is 1.34. The number of nitrogens with zero attached hydrogens (tertiary/aromatic N) is 3. The van der Waals surface area contributed by atoms with E-state index in [2.05, 4.69) is 45.0 Å². The maximum absolute atomic E-state index is 12.0. The summed E-state index contributed by atoms with van der Waals surface area (Å²) in [6.45, 7) is 7.50. The van der Waals surface area contributed by atoms with Crippen LogP contribution in [0.15, 0.2) is 30.3 Å². The maximum atomic E-state index is 12.0. The average molecular weight is 315 g/mol. The van der Waals surface area contributed by atoms with Gasteiger partial charge in [-0.25, -0.2) is 0 Å². The molecule has 0 radical (unpaired) electrons. The lowest BCUT2D eigenvalue weighted by atomic mass is 10.2. The summed E-state index contributed by atoms with van der Waals surface area (Å²) >= 11 is 0. The highest BCUT2D eigenvalue weighted by molar-refractivity contribution is 5.76. The molecule has 0 N–H and O–H groups in total. The summed E-state index contributed by atoms with van der Waals surface area (Å²) in [6, 6.07) is 10.7. The molecule has 0 saturated carbocycles. The Kier molecular flexibility index (Phi) is 5.92. The van der Waals surface area contributed by atoms with Crippen LogP contribution >= 0.6 is 0 Å². The van der Waals surface area contributed by atoms with Crippen LogP contribution in [-0.2, 0) is 4.79 Å². The van der Waals surface area contributed by atoms with Gasteiger partial charge in [-0.3, -0.25) is 9.69 Å². The van der Waals surface area contributed by atoms with Gasteiger partial charge in [0.15, 0.2) is 0 Å². The molecule has 4 heteroatoms. The molecule has 2 heterocycles. The predicted molar refractivity (Wildman–Crippen MR) is 94.8 cm³/mol. The van der Waals surface area contributed by atoms with Crippen molar-refractivity contribution in [2.45, 2.75) is 32.1 Å². The van der Waals surface area contributed by atoms with Crippen molar-refractivity contribution in [2.24, 2.45) is 0 Å². The largest absolute Gasteiger partial charge is 0.369 e. The molecule has 3 rings (SSSR count). The van der Waals surface area contributed by atoms with Crippen molar-refractivity contribution in [1.29, 1.82) is 0 Å². The van der Waals surface area contributed by atoms with Gasteiger partial charge < -0.3 is 9.80 Å². The smallest absolute Gasteiger partial charge is 0.222 e. The van der Waals surface area contributed by atoms with E-state index in [1.807, 2.05) is 0 Å². The van der Waals surface area contributed by atoms with Gasteiger partial charge >= 0.3 is 0 Å². The summed E-state index contributed by atoms with van der Waals surface area (Å²) in [5.74, 6) is 0.372. The van der Waals surface area contributed by atoms with Crippen molar-refractivity contribution in [3.05, 3.63) is 30.3 Å². The number of para-hydroxylation sites is 1. The van der Waals surface area contributed by atoms with Crippen molar-refractivity contribution in [3.63, 3.8) is 0 Å². The van der Waals surface area contributed by atoms with E-state index in [0.717, 1.165) is 65.1 Å². The second kappa shape index (κ2) is 8.34. The number of benzene rings is 1. The number of carbonyl (C=O) groups excluding carboxylic acids is 1. The molecule has 4 nitrogen and oxygen atoms in total. The molecule has 1 aromatic carbocycles. The van der Waals surface area contributed by atoms with Crippen LogP contribution < -0.4 is 4.90 Å². The minimum absolute atomic E-state index is 0.372. The molecule has 2 saturated heterocycles. The second-order valence-corrected chi connectivity index (χ2v) is 6.71. The van der Waals surface area contributed by atoms with E-state index < -0.39 is 0 Å². The highest BCUT2D eigenvalue weighted by Gasteiger charge is 2.19. The number of anilines is 1. The van der Waals surface area contributed by atoms with E-state index >= 15 is 0 Å². The number of amides is 1. The maximum Gasteiger partial charge on any atom is 0.222 e. The Morgan fingerprint density at radius 2 is 1.61 bits per heavy atom. The van der Waals surface area contributed by atoms with Crippen molar-refractivity contribution < 1.29 is 4.79 Å². The van der Waals surface area contributed by atoms with E-state index in [9.17, 15) is 4.79 Å². The van der Waals surface area contributed by atoms with Crippen LogP contribution in [0, 0.1) is 0 Å². The SMILES string of the molecule is O=C1CCCCCN1CCCN1CCN(c2ccccc2)CC1. The summed E-state index contributed by atoms with van der Waals surface area (Å²) in [5, 5.41) is 0. The molecule has 0 aliphatic carbocycles. The number of rotatable bonds is 5. The Balaban J connectivity index is 1.37. The van der Waals surface area contributed by atoms with Crippen LogP contribution in [0.4, 0.5) is 5.69 Å². The molecule has 126 valence electrons. The topological polar surface area (TPSA) is 26.8 Å². The molecule has 0 spiro atoms. The number of likely N-dealkylation sites (tertiary alicyclic amines) is 1. The summed E-state index contributed by atoms with van der Waals surface area (Å²) in [6.07, 6.45) is 5.34. The van der Waals surface area contributed by atoms with Crippen molar-refractivity contribution in [1.82, 2.24) is 9.80 Å². The van der Waals surface area contributed by atoms with Crippen LogP contribution in [-0.4, -0.2) is 61.5 Å². The quantitative estimate of drug-likeness (QED) is 0.836. The van der Waals surface area contributed by atoms with E-state index in [1.54, 1.807) is 0 Å². The summed E-state index contributed by atoms with van der Waals surface area (Å²) in [4.78, 5) is 19.1. The van der Waals surface area contributed by atoms with Gasteiger partial charge in [0.05, 0.1) is 0 Å². The van der Waals surface area contributed by atoms with Crippen molar-refractivity contribution >= 4 is 11.6 Å². The van der Waals surface area contributed by atoms with E-state index in [4.69, 9.17) is 0 Å². The molecular weight excluding hydrogens is 286 g/mol. The minimum atomic E-state index is 0.372. The van der Waals surface area contributed by atoms with E-state index in [-0.39, 0.29) is 0 Å². The Morgan fingerprint density at radius 3 is 2.39 bits per heavy atom. The molecule has 1 aromatic rings. The molecule has 23 heavy (non-hydrogen) atoms. The molecule has 0 unspecified atom stereocenters. The normalized spacial score (nSPS) is 20.6. The molecule has 1 amide bonds. The fourth-order valence-corrected chi connectivity index (χ4v) is 3.63. The molecule has 2 aliphatic heterocycles. The molecule has 2 fully saturated rings. The molecular formula is C19H29N3O. The second-order valence-electron chi connectivity index (χ2n) is 6.71. The van der Waals surface area contributed by atoms with Gasteiger partial charge in [0.1, 0.15) is 0 Å². The van der Waals surface area contributed by atoms with Gasteiger partial charge in [-0.1, -0.05) is 24.6 Å².